The van der Waals surface area contributed by atoms with Crippen LogP contribution < -0.4 is 10.2 Å². The lowest BCUT2D eigenvalue weighted by atomic mass is 10.2. The maximum Gasteiger partial charge on any atom is 0.329 e. The zero-order chi connectivity index (χ0) is 22.7. The highest BCUT2D eigenvalue weighted by Gasteiger charge is 2.35. The van der Waals surface area contributed by atoms with Crippen molar-refractivity contribution in [2.75, 3.05) is 31.6 Å². The SMILES string of the molecule is CCN(CC)c1ccc(-n2c(C)cc(C=C3NC(=O)N(CC(=O)OC)C3=O)c2C)cc1. The summed E-state index contributed by atoms with van der Waals surface area (Å²) < 4.78 is 6.65. The zero-order valence-electron chi connectivity index (χ0n) is 18.6. The van der Waals surface area contributed by atoms with Gasteiger partial charge in [0.15, 0.2) is 0 Å². The molecule has 1 aliphatic heterocycles. The molecule has 2 heterocycles. The van der Waals surface area contributed by atoms with Gasteiger partial charge in [0.25, 0.3) is 5.91 Å². The lowest BCUT2D eigenvalue weighted by Gasteiger charge is -2.21. The summed E-state index contributed by atoms with van der Waals surface area (Å²) in [6.45, 7) is 9.69. The summed E-state index contributed by atoms with van der Waals surface area (Å²) in [7, 11) is 1.21. The van der Waals surface area contributed by atoms with Crippen LogP contribution in [-0.4, -0.2) is 54.1 Å². The molecular weight excluding hydrogens is 396 g/mol. The number of benzene rings is 1. The molecule has 0 unspecified atom stereocenters. The van der Waals surface area contributed by atoms with E-state index >= 15 is 0 Å². The first-order chi connectivity index (χ1) is 14.8. The Bertz CT molecular complexity index is 1030. The standard InChI is InChI=1S/C23H28N4O4/c1-6-25(7-2)18-8-10-19(11-9-18)27-15(3)12-17(16(27)4)13-20-22(29)26(23(30)24-20)14-21(28)31-5/h8-13H,6-7,14H2,1-5H3,(H,24,30). The number of hydrogen-bond acceptors (Lipinski definition) is 5. The number of amides is 3. The summed E-state index contributed by atoms with van der Waals surface area (Å²) in [5.41, 5.74) is 5.07. The van der Waals surface area contributed by atoms with Gasteiger partial charge in [-0.05, 0) is 69.7 Å². The highest BCUT2D eigenvalue weighted by atomic mass is 16.5. The van der Waals surface area contributed by atoms with Crippen molar-refractivity contribution >= 4 is 29.7 Å². The van der Waals surface area contributed by atoms with Crippen molar-refractivity contribution in [3.05, 3.63) is 53.0 Å². The van der Waals surface area contributed by atoms with E-state index in [9.17, 15) is 14.4 Å². The molecule has 1 N–H and O–H groups in total. The molecule has 3 rings (SSSR count). The Balaban J connectivity index is 1.89. The first-order valence-electron chi connectivity index (χ1n) is 10.3. The molecule has 1 aromatic heterocycles. The smallest absolute Gasteiger partial charge is 0.329 e. The third-order valence-electron chi connectivity index (χ3n) is 5.48. The van der Waals surface area contributed by atoms with Gasteiger partial charge in [0.1, 0.15) is 12.2 Å². The summed E-state index contributed by atoms with van der Waals surface area (Å²) in [5.74, 6) is -1.21. The normalized spacial score (nSPS) is 14.9. The van der Waals surface area contributed by atoms with E-state index in [1.54, 1.807) is 6.08 Å². The fourth-order valence-corrected chi connectivity index (χ4v) is 3.80. The van der Waals surface area contributed by atoms with E-state index < -0.39 is 24.5 Å². The first-order valence-corrected chi connectivity index (χ1v) is 10.3. The van der Waals surface area contributed by atoms with Crippen LogP contribution in [0.5, 0.6) is 0 Å². The average molecular weight is 425 g/mol. The van der Waals surface area contributed by atoms with Crippen molar-refractivity contribution in [2.45, 2.75) is 27.7 Å². The van der Waals surface area contributed by atoms with Crippen molar-refractivity contribution in [2.24, 2.45) is 0 Å². The van der Waals surface area contributed by atoms with Gasteiger partial charge in [0.05, 0.1) is 7.11 Å². The predicted octanol–water partition coefficient (Wildman–Crippen LogP) is 3.01. The Morgan fingerprint density at radius 3 is 2.35 bits per heavy atom. The van der Waals surface area contributed by atoms with Crippen molar-refractivity contribution in [1.82, 2.24) is 14.8 Å². The molecule has 8 nitrogen and oxygen atoms in total. The Labute approximate surface area is 182 Å². The number of aromatic nitrogens is 1. The van der Waals surface area contributed by atoms with Crippen LogP contribution in [0.4, 0.5) is 10.5 Å². The van der Waals surface area contributed by atoms with Crippen LogP contribution in [0, 0.1) is 13.8 Å². The van der Waals surface area contributed by atoms with Crippen LogP contribution in [0.1, 0.15) is 30.8 Å². The summed E-state index contributed by atoms with van der Waals surface area (Å²) in [6.07, 6.45) is 1.64. The van der Waals surface area contributed by atoms with Gasteiger partial charge in [-0.15, -0.1) is 0 Å². The van der Waals surface area contributed by atoms with Crippen molar-refractivity contribution in [3.63, 3.8) is 0 Å². The Kier molecular flexibility index (Phi) is 6.48. The third kappa shape index (κ3) is 4.33. The number of imide groups is 1. The number of ether oxygens (including phenoxy) is 1. The average Bonchev–Trinajstić information content (AvgIpc) is 3.18. The van der Waals surface area contributed by atoms with E-state index in [1.807, 2.05) is 19.9 Å². The van der Waals surface area contributed by atoms with Gasteiger partial charge in [-0.3, -0.25) is 9.59 Å². The molecule has 31 heavy (non-hydrogen) atoms. The lowest BCUT2D eigenvalue weighted by Crippen LogP contribution is -2.36. The fraction of sp³-hybridized carbons (Fsp3) is 0.348. The van der Waals surface area contributed by atoms with Crippen molar-refractivity contribution in [3.8, 4) is 5.69 Å². The number of carbonyl (C=O) groups is 3. The molecule has 8 heteroatoms. The molecule has 0 spiro atoms. The topological polar surface area (TPSA) is 83.9 Å². The summed E-state index contributed by atoms with van der Waals surface area (Å²) in [5, 5.41) is 2.54. The molecule has 1 saturated heterocycles. The Hall–Kier alpha value is -3.55. The number of methoxy groups -OCH3 is 1. The Morgan fingerprint density at radius 2 is 1.77 bits per heavy atom. The molecule has 1 fully saturated rings. The van der Waals surface area contributed by atoms with Gasteiger partial charge in [-0.1, -0.05) is 0 Å². The largest absolute Gasteiger partial charge is 0.468 e. The second-order valence-electron chi connectivity index (χ2n) is 7.31. The van der Waals surface area contributed by atoms with Gasteiger partial charge in [-0.25, -0.2) is 9.69 Å². The van der Waals surface area contributed by atoms with E-state index in [0.29, 0.717) is 0 Å². The molecule has 1 aliphatic rings. The van der Waals surface area contributed by atoms with Crippen LogP contribution in [0.15, 0.2) is 36.0 Å². The first kappa shape index (κ1) is 22.1. The van der Waals surface area contributed by atoms with Gasteiger partial charge < -0.3 is 19.5 Å². The quantitative estimate of drug-likeness (QED) is 0.420. The van der Waals surface area contributed by atoms with Gasteiger partial charge in [-0.2, -0.15) is 0 Å². The number of urea groups is 1. The number of carbonyl (C=O) groups excluding carboxylic acids is 3. The van der Waals surface area contributed by atoms with E-state index in [2.05, 4.69) is 57.6 Å². The van der Waals surface area contributed by atoms with Gasteiger partial charge in [0, 0.05) is 35.9 Å². The Morgan fingerprint density at radius 1 is 1.13 bits per heavy atom. The van der Waals surface area contributed by atoms with E-state index in [0.717, 1.165) is 40.6 Å². The number of anilines is 1. The molecule has 0 radical (unpaired) electrons. The molecule has 3 amide bonds. The van der Waals surface area contributed by atoms with E-state index in [1.165, 1.54) is 12.8 Å². The van der Waals surface area contributed by atoms with Crippen LogP contribution in [0.25, 0.3) is 11.8 Å². The summed E-state index contributed by atoms with van der Waals surface area (Å²) >= 11 is 0. The molecule has 164 valence electrons. The van der Waals surface area contributed by atoms with E-state index in [-0.39, 0.29) is 5.70 Å². The molecule has 2 aromatic rings. The zero-order valence-corrected chi connectivity index (χ0v) is 18.6. The number of rotatable bonds is 7. The van der Waals surface area contributed by atoms with Crippen LogP contribution in [0.2, 0.25) is 0 Å². The van der Waals surface area contributed by atoms with Gasteiger partial charge >= 0.3 is 12.0 Å². The molecule has 0 aliphatic carbocycles. The maximum absolute atomic E-state index is 12.6. The number of esters is 1. The number of aryl methyl sites for hydroxylation is 1. The fourth-order valence-electron chi connectivity index (χ4n) is 3.80. The minimum Gasteiger partial charge on any atom is -0.468 e. The maximum atomic E-state index is 12.6. The summed E-state index contributed by atoms with van der Waals surface area (Å²) in [4.78, 5) is 39.2. The monoisotopic (exact) mass is 424 g/mol. The second kappa shape index (κ2) is 9.07. The number of hydrogen-bond donors (Lipinski definition) is 1. The predicted molar refractivity (Wildman–Crippen MR) is 119 cm³/mol. The van der Waals surface area contributed by atoms with E-state index in [4.69, 9.17) is 0 Å². The van der Waals surface area contributed by atoms with Crippen LogP contribution in [-0.2, 0) is 14.3 Å². The van der Waals surface area contributed by atoms with Crippen molar-refractivity contribution < 1.29 is 19.1 Å². The highest BCUT2D eigenvalue weighted by molar-refractivity contribution is 6.15. The molecule has 0 atom stereocenters. The number of nitrogens with one attached hydrogen (secondary N) is 1. The minimum atomic E-state index is -0.656. The number of nitrogens with zero attached hydrogens (tertiary/aromatic N) is 3. The van der Waals surface area contributed by atoms with Crippen molar-refractivity contribution in [1.29, 1.82) is 0 Å². The summed E-state index contributed by atoms with van der Waals surface area (Å²) in [6, 6.07) is 9.68. The minimum absolute atomic E-state index is 0.131. The second-order valence-corrected chi connectivity index (χ2v) is 7.31. The van der Waals surface area contributed by atoms with Crippen LogP contribution >= 0.6 is 0 Å². The lowest BCUT2D eigenvalue weighted by molar-refractivity contribution is -0.143. The third-order valence-corrected chi connectivity index (χ3v) is 5.48. The molecule has 1 aromatic carbocycles. The highest BCUT2D eigenvalue weighted by Crippen LogP contribution is 2.25. The molecule has 0 saturated carbocycles. The molecule has 0 bridgehead atoms. The molecular formula is C23H28N4O4. The van der Waals surface area contributed by atoms with Gasteiger partial charge in [0.2, 0.25) is 0 Å². The van der Waals surface area contributed by atoms with Crippen LogP contribution in [0.3, 0.4) is 0 Å².